The molecule has 0 radical (unpaired) electrons. The molecule has 0 bridgehead atoms. The lowest BCUT2D eigenvalue weighted by molar-refractivity contribution is 0.232. The first-order valence-electron chi connectivity index (χ1n) is 5.48. The fourth-order valence-corrected chi connectivity index (χ4v) is 2.61. The van der Waals surface area contributed by atoms with Gasteiger partial charge in [-0.25, -0.2) is 13.1 Å². The number of nitriles is 1. The zero-order valence-corrected chi connectivity index (χ0v) is 10.6. The van der Waals surface area contributed by atoms with Gasteiger partial charge in [0.05, 0.1) is 6.07 Å². The molecule has 92 valence electrons. The molecule has 1 saturated heterocycles. The molecule has 5 nitrogen and oxygen atoms in total. The van der Waals surface area contributed by atoms with E-state index < -0.39 is 15.3 Å². The largest absolute Gasteiger partial charge is 0.317 e. The fraction of sp³-hybridized carbons (Fsp3) is 0.900. The predicted molar refractivity (Wildman–Crippen MR) is 62.2 cm³/mol. The van der Waals surface area contributed by atoms with Gasteiger partial charge in [-0.15, -0.1) is 0 Å². The summed E-state index contributed by atoms with van der Waals surface area (Å²) in [5, 5.41) is 10.8. The van der Waals surface area contributed by atoms with Gasteiger partial charge in [-0.1, -0.05) is 6.92 Å². The minimum atomic E-state index is -3.48. The van der Waals surface area contributed by atoms with Crippen molar-refractivity contribution >= 4 is 10.0 Å². The molecule has 6 heteroatoms. The number of nitrogens with one attached hydrogen (secondary N) is 2. The van der Waals surface area contributed by atoms with E-state index in [2.05, 4.69) is 17.0 Å². The van der Waals surface area contributed by atoms with Crippen molar-refractivity contribution in [2.45, 2.75) is 31.9 Å². The SMILES string of the molecule is CC(C#N)S(=O)(=O)NCC1(C)CCNCC1. The van der Waals surface area contributed by atoms with Crippen LogP contribution in [0.4, 0.5) is 0 Å². The third-order valence-electron chi connectivity index (χ3n) is 3.16. The van der Waals surface area contributed by atoms with E-state index >= 15 is 0 Å². The molecule has 0 saturated carbocycles. The van der Waals surface area contributed by atoms with Crippen LogP contribution in [0.2, 0.25) is 0 Å². The highest BCUT2D eigenvalue weighted by Crippen LogP contribution is 2.27. The molecule has 1 aliphatic heterocycles. The van der Waals surface area contributed by atoms with Crippen LogP contribution in [-0.4, -0.2) is 33.3 Å². The van der Waals surface area contributed by atoms with Crippen LogP contribution >= 0.6 is 0 Å². The van der Waals surface area contributed by atoms with Gasteiger partial charge in [0.25, 0.3) is 0 Å². The summed E-state index contributed by atoms with van der Waals surface area (Å²) in [6, 6.07) is 1.74. The Bertz CT molecular complexity index is 366. The van der Waals surface area contributed by atoms with Crippen LogP contribution in [0.15, 0.2) is 0 Å². The van der Waals surface area contributed by atoms with Gasteiger partial charge in [-0.05, 0) is 38.3 Å². The number of hydrogen-bond acceptors (Lipinski definition) is 4. The van der Waals surface area contributed by atoms with Crippen LogP contribution in [0.1, 0.15) is 26.7 Å². The van der Waals surface area contributed by atoms with Crippen LogP contribution in [0.5, 0.6) is 0 Å². The summed E-state index contributed by atoms with van der Waals surface area (Å²) in [5.41, 5.74) is 0.00744. The maximum absolute atomic E-state index is 11.6. The molecule has 0 aromatic heterocycles. The molecule has 0 amide bonds. The van der Waals surface area contributed by atoms with Crippen molar-refractivity contribution < 1.29 is 8.42 Å². The average Bonchev–Trinajstić information content (AvgIpc) is 2.27. The number of piperidine rings is 1. The van der Waals surface area contributed by atoms with Gasteiger partial charge in [0.15, 0.2) is 5.25 Å². The summed E-state index contributed by atoms with van der Waals surface area (Å²) in [4.78, 5) is 0. The Kier molecular flexibility index (Phi) is 4.30. The second-order valence-electron chi connectivity index (χ2n) is 4.70. The van der Waals surface area contributed by atoms with Crippen molar-refractivity contribution in [3.05, 3.63) is 0 Å². The first-order chi connectivity index (χ1) is 7.40. The third-order valence-corrected chi connectivity index (χ3v) is 4.74. The Balaban J connectivity index is 2.54. The van der Waals surface area contributed by atoms with E-state index in [1.54, 1.807) is 6.07 Å². The standard InChI is InChI=1S/C10H19N3O2S/c1-9(7-11)16(14,15)13-8-10(2)3-5-12-6-4-10/h9,12-13H,3-6,8H2,1-2H3. The van der Waals surface area contributed by atoms with Crippen molar-refractivity contribution in [3.8, 4) is 6.07 Å². The summed E-state index contributed by atoms with van der Waals surface area (Å²) in [5.74, 6) is 0. The zero-order chi connectivity index (χ0) is 12.2. The second-order valence-corrected chi connectivity index (χ2v) is 6.78. The van der Waals surface area contributed by atoms with Crippen LogP contribution < -0.4 is 10.0 Å². The summed E-state index contributed by atoms with van der Waals surface area (Å²) in [7, 11) is -3.48. The van der Waals surface area contributed by atoms with Crippen molar-refractivity contribution in [1.29, 1.82) is 5.26 Å². The highest BCUT2D eigenvalue weighted by molar-refractivity contribution is 7.90. The molecule has 0 aromatic carbocycles. The lowest BCUT2D eigenvalue weighted by Gasteiger charge is -2.34. The van der Waals surface area contributed by atoms with Gasteiger partial charge in [-0.3, -0.25) is 0 Å². The minimum Gasteiger partial charge on any atom is -0.317 e. The topological polar surface area (TPSA) is 82.0 Å². The van der Waals surface area contributed by atoms with Gasteiger partial charge in [0.1, 0.15) is 0 Å². The van der Waals surface area contributed by atoms with Crippen LogP contribution in [-0.2, 0) is 10.0 Å². The van der Waals surface area contributed by atoms with E-state index in [9.17, 15) is 8.42 Å². The minimum absolute atomic E-state index is 0.00744. The van der Waals surface area contributed by atoms with E-state index in [0.717, 1.165) is 25.9 Å². The van der Waals surface area contributed by atoms with Crippen molar-refractivity contribution in [2.24, 2.45) is 5.41 Å². The fourth-order valence-electron chi connectivity index (χ4n) is 1.68. The predicted octanol–water partition coefficient (Wildman–Crippen LogP) is 0.208. The number of rotatable bonds is 4. The van der Waals surface area contributed by atoms with Crippen LogP contribution in [0, 0.1) is 16.7 Å². The van der Waals surface area contributed by atoms with Crippen LogP contribution in [0.25, 0.3) is 0 Å². The molecule has 1 aliphatic rings. The summed E-state index contributed by atoms with van der Waals surface area (Å²) < 4.78 is 25.7. The molecule has 0 aromatic rings. The monoisotopic (exact) mass is 245 g/mol. The normalized spacial score (nSPS) is 22.3. The maximum Gasteiger partial charge on any atom is 0.227 e. The van der Waals surface area contributed by atoms with E-state index in [1.165, 1.54) is 6.92 Å². The quantitative estimate of drug-likeness (QED) is 0.741. The molecule has 1 unspecified atom stereocenters. The summed E-state index contributed by atoms with van der Waals surface area (Å²) in [6.07, 6.45) is 1.91. The Morgan fingerprint density at radius 3 is 2.56 bits per heavy atom. The van der Waals surface area contributed by atoms with Crippen LogP contribution in [0.3, 0.4) is 0 Å². The van der Waals surface area contributed by atoms with Gasteiger partial charge in [0, 0.05) is 6.54 Å². The molecule has 1 atom stereocenters. The third kappa shape index (κ3) is 3.44. The van der Waals surface area contributed by atoms with E-state index in [4.69, 9.17) is 5.26 Å². The summed E-state index contributed by atoms with van der Waals surface area (Å²) in [6.45, 7) is 5.74. The molecular formula is C10H19N3O2S. The molecular weight excluding hydrogens is 226 g/mol. The van der Waals surface area contributed by atoms with E-state index in [0.29, 0.717) is 6.54 Å². The maximum atomic E-state index is 11.6. The van der Waals surface area contributed by atoms with E-state index in [-0.39, 0.29) is 5.41 Å². The van der Waals surface area contributed by atoms with Crippen molar-refractivity contribution in [2.75, 3.05) is 19.6 Å². The Labute approximate surface area is 97.3 Å². The first kappa shape index (κ1) is 13.4. The smallest absolute Gasteiger partial charge is 0.227 e. The molecule has 1 heterocycles. The van der Waals surface area contributed by atoms with Gasteiger partial charge in [-0.2, -0.15) is 5.26 Å². The van der Waals surface area contributed by atoms with Crippen molar-refractivity contribution in [1.82, 2.24) is 10.0 Å². The lowest BCUT2D eigenvalue weighted by atomic mass is 9.81. The van der Waals surface area contributed by atoms with Crippen molar-refractivity contribution in [3.63, 3.8) is 0 Å². The highest BCUT2D eigenvalue weighted by Gasteiger charge is 2.29. The number of sulfonamides is 1. The van der Waals surface area contributed by atoms with Gasteiger partial charge in [0.2, 0.25) is 10.0 Å². The average molecular weight is 245 g/mol. The number of nitrogens with zero attached hydrogens (tertiary/aromatic N) is 1. The van der Waals surface area contributed by atoms with Gasteiger partial charge < -0.3 is 5.32 Å². The van der Waals surface area contributed by atoms with E-state index in [1.807, 2.05) is 0 Å². The molecule has 1 fully saturated rings. The Hall–Kier alpha value is -0.640. The molecule has 16 heavy (non-hydrogen) atoms. The highest BCUT2D eigenvalue weighted by atomic mass is 32.2. The second kappa shape index (κ2) is 5.13. The molecule has 1 rings (SSSR count). The molecule has 2 N–H and O–H groups in total. The molecule has 0 aliphatic carbocycles. The lowest BCUT2D eigenvalue weighted by Crippen LogP contribution is -2.44. The molecule has 0 spiro atoms. The zero-order valence-electron chi connectivity index (χ0n) is 9.78. The number of hydrogen-bond donors (Lipinski definition) is 2. The Morgan fingerprint density at radius 2 is 2.06 bits per heavy atom. The summed E-state index contributed by atoms with van der Waals surface area (Å²) >= 11 is 0. The Morgan fingerprint density at radius 1 is 1.50 bits per heavy atom. The first-order valence-corrected chi connectivity index (χ1v) is 7.03. The van der Waals surface area contributed by atoms with Gasteiger partial charge >= 0.3 is 0 Å².